The van der Waals surface area contributed by atoms with Gasteiger partial charge in [-0.2, -0.15) is 0 Å². The Morgan fingerprint density at radius 1 is 1.39 bits per heavy atom. The van der Waals surface area contributed by atoms with Crippen molar-refractivity contribution in [2.24, 2.45) is 5.92 Å². The molecule has 1 amide bonds. The number of rotatable bonds is 8. The SMILES string of the molecule is CC(C)=CCOc1cccc(C(=O)NC(CC2CC2)C(=O)O)c1. The van der Waals surface area contributed by atoms with Crippen molar-refractivity contribution in [1.29, 1.82) is 0 Å². The van der Waals surface area contributed by atoms with Crippen LogP contribution in [0.1, 0.15) is 43.5 Å². The Hall–Kier alpha value is -2.30. The zero-order valence-corrected chi connectivity index (χ0v) is 13.5. The summed E-state index contributed by atoms with van der Waals surface area (Å²) < 4.78 is 5.56. The van der Waals surface area contributed by atoms with E-state index in [1.54, 1.807) is 24.3 Å². The molecule has 124 valence electrons. The Morgan fingerprint density at radius 3 is 2.74 bits per heavy atom. The molecule has 1 unspecified atom stereocenters. The van der Waals surface area contributed by atoms with E-state index >= 15 is 0 Å². The van der Waals surface area contributed by atoms with E-state index < -0.39 is 12.0 Å². The molecule has 5 nitrogen and oxygen atoms in total. The first-order chi connectivity index (χ1) is 11.0. The third-order valence-electron chi connectivity index (χ3n) is 3.71. The van der Waals surface area contributed by atoms with Gasteiger partial charge in [-0.15, -0.1) is 0 Å². The molecule has 1 saturated carbocycles. The van der Waals surface area contributed by atoms with E-state index in [9.17, 15) is 14.7 Å². The lowest BCUT2D eigenvalue weighted by molar-refractivity contribution is -0.139. The highest BCUT2D eigenvalue weighted by Gasteiger charge is 2.30. The first kappa shape index (κ1) is 17.1. The minimum atomic E-state index is -0.985. The Bertz CT molecular complexity index is 601. The van der Waals surface area contributed by atoms with Gasteiger partial charge < -0.3 is 15.2 Å². The Balaban J connectivity index is 1.97. The number of aliphatic carboxylic acids is 1. The van der Waals surface area contributed by atoms with E-state index in [-0.39, 0.29) is 5.91 Å². The highest BCUT2D eigenvalue weighted by atomic mass is 16.5. The molecule has 5 heteroatoms. The van der Waals surface area contributed by atoms with E-state index in [1.165, 1.54) is 0 Å². The third kappa shape index (κ3) is 5.77. The van der Waals surface area contributed by atoms with Crippen molar-refractivity contribution in [2.75, 3.05) is 6.61 Å². The number of amides is 1. The molecule has 0 spiro atoms. The van der Waals surface area contributed by atoms with Gasteiger partial charge in [0, 0.05) is 5.56 Å². The van der Waals surface area contributed by atoms with E-state index in [4.69, 9.17) is 4.74 Å². The fourth-order valence-corrected chi connectivity index (χ4v) is 2.18. The Labute approximate surface area is 136 Å². The molecule has 0 bridgehead atoms. The van der Waals surface area contributed by atoms with Crippen LogP contribution in [-0.4, -0.2) is 29.6 Å². The summed E-state index contributed by atoms with van der Waals surface area (Å²) in [6, 6.07) is 5.95. The first-order valence-electron chi connectivity index (χ1n) is 7.85. The highest BCUT2D eigenvalue weighted by Crippen LogP contribution is 2.33. The summed E-state index contributed by atoms with van der Waals surface area (Å²) in [5, 5.41) is 11.8. The second-order valence-electron chi connectivity index (χ2n) is 6.16. The summed E-state index contributed by atoms with van der Waals surface area (Å²) in [7, 11) is 0. The molecule has 23 heavy (non-hydrogen) atoms. The summed E-state index contributed by atoms with van der Waals surface area (Å²) >= 11 is 0. The Kier molecular flexibility index (Phi) is 5.79. The number of benzene rings is 1. The number of nitrogens with one attached hydrogen (secondary N) is 1. The molecular weight excluding hydrogens is 294 g/mol. The predicted molar refractivity (Wildman–Crippen MR) is 87.6 cm³/mol. The maximum absolute atomic E-state index is 12.3. The van der Waals surface area contributed by atoms with Gasteiger partial charge in [-0.3, -0.25) is 4.79 Å². The van der Waals surface area contributed by atoms with E-state index in [2.05, 4.69) is 5.32 Å². The molecule has 1 aliphatic carbocycles. The smallest absolute Gasteiger partial charge is 0.326 e. The molecule has 2 rings (SSSR count). The number of allylic oxidation sites excluding steroid dienone is 1. The highest BCUT2D eigenvalue weighted by molar-refractivity contribution is 5.96. The summed E-state index contributed by atoms with van der Waals surface area (Å²) in [6.45, 7) is 4.41. The summed E-state index contributed by atoms with van der Waals surface area (Å²) in [5.74, 6) is -0.355. The third-order valence-corrected chi connectivity index (χ3v) is 3.71. The number of hydrogen-bond donors (Lipinski definition) is 2. The number of carboxylic acid groups (broad SMARTS) is 1. The average Bonchev–Trinajstić information content (AvgIpc) is 3.30. The molecule has 0 heterocycles. The van der Waals surface area contributed by atoms with Crippen LogP contribution in [0.5, 0.6) is 5.75 Å². The molecule has 0 saturated heterocycles. The van der Waals surface area contributed by atoms with Crippen molar-refractivity contribution >= 4 is 11.9 Å². The Morgan fingerprint density at radius 2 is 2.13 bits per heavy atom. The minimum Gasteiger partial charge on any atom is -0.490 e. The van der Waals surface area contributed by atoms with E-state index in [0.29, 0.717) is 30.3 Å². The molecule has 0 aliphatic heterocycles. The van der Waals surface area contributed by atoms with E-state index in [1.807, 2.05) is 19.9 Å². The first-order valence-corrected chi connectivity index (χ1v) is 7.85. The average molecular weight is 317 g/mol. The van der Waals surface area contributed by atoms with Crippen molar-refractivity contribution in [1.82, 2.24) is 5.32 Å². The van der Waals surface area contributed by atoms with Crippen LogP contribution in [0.4, 0.5) is 0 Å². The topological polar surface area (TPSA) is 75.6 Å². The molecule has 0 aromatic heterocycles. The van der Waals surface area contributed by atoms with Crippen molar-refractivity contribution in [2.45, 2.75) is 39.2 Å². The van der Waals surface area contributed by atoms with E-state index in [0.717, 1.165) is 18.4 Å². The van der Waals surface area contributed by atoms with Crippen LogP contribution in [0.2, 0.25) is 0 Å². The fraction of sp³-hybridized carbons (Fsp3) is 0.444. The van der Waals surface area contributed by atoms with Crippen molar-refractivity contribution in [3.63, 3.8) is 0 Å². The standard InChI is InChI=1S/C18H23NO4/c1-12(2)8-9-23-15-5-3-4-14(11-15)17(20)19-16(18(21)22)10-13-6-7-13/h3-5,8,11,13,16H,6-7,9-10H2,1-2H3,(H,19,20)(H,21,22). The predicted octanol–water partition coefficient (Wildman–Crippen LogP) is 3.01. The number of carboxylic acids is 1. The monoisotopic (exact) mass is 317 g/mol. The largest absolute Gasteiger partial charge is 0.490 e. The normalized spacial score (nSPS) is 14.7. The van der Waals surface area contributed by atoms with Crippen LogP contribution < -0.4 is 10.1 Å². The quantitative estimate of drug-likeness (QED) is 0.723. The van der Waals surface area contributed by atoms with Gasteiger partial charge in [0.2, 0.25) is 0 Å². The summed E-state index contributed by atoms with van der Waals surface area (Å²) in [6.07, 6.45) is 4.54. The van der Waals surface area contributed by atoms with Gasteiger partial charge in [0.05, 0.1) is 0 Å². The van der Waals surface area contributed by atoms with Crippen molar-refractivity contribution in [3.8, 4) is 5.75 Å². The minimum absolute atomic E-state index is 0.384. The molecule has 1 aromatic rings. The lowest BCUT2D eigenvalue weighted by atomic mass is 10.1. The lowest BCUT2D eigenvalue weighted by Gasteiger charge is -2.14. The van der Waals surface area contributed by atoms with Crippen LogP contribution in [0.15, 0.2) is 35.9 Å². The van der Waals surface area contributed by atoms with Gasteiger partial charge in [0.15, 0.2) is 0 Å². The molecule has 2 N–H and O–H groups in total. The zero-order chi connectivity index (χ0) is 16.8. The molecule has 1 fully saturated rings. The van der Waals surface area contributed by atoms with Crippen LogP contribution in [-0.2, 0) is 4.79 Å². The van der Waals surface area contributed by atoms with Crippen LogP contribution in [0.3, 0.4) is 0 Å². The molecular formula is C18H23NO4. The number of hydrogen-bond acceptors (Lipinski definition) is 3. The number of carbonyl (C=O) groups excluding carboxylic acids is 1. The number of ether oxygens (including phenoxy) is 1. The molecule has 0 radical (unpaired) electrons. The lowest BCUT2D eigenvalue weighted by Crippen LogP contribution is -2.41. The van der Waals surface area contributed by atoms with Crippen LogP contribution >= 0.6 is 0 Å². The maximum Gasteiger partial charge on any atom is 0.326 e. The number of carbonyl (C=O) groups is 2. The second-order valence-corrected chi connectivity index (χ2v) is 6.16. The van der Waals surface area contributed by atoms with Crippen LogP contribution in [0.25, 0.3) is 0 Å². The van der Waals surface area contributed by atoms with Crippen molar-refractivity contribution in [3.05, 3.63) is 41.5 Å². The fourth-order valence-electron chi connectivity index (χ4n) is 2.18. The van der Waals surface area contributed by atoms with Gasteiger partial charge in [-0.1, -0.05) is 24.5 Å². The van der Waals surface area contributed by atoms with Crippen molar-refractivity contribution < 1.29 is 19.4 Å². The molecule has 1 aliphatic rings. The van der Waals surface area contributed by atoms with Gasteiger partial charge in [0.25, 0.3) is 5.91 Å². The molecule has 1 atom stereocenters. The maximum atomic E-state index is 12.3. The zero-order valence-electron chi connectivity index (χ0n) is 13.5. The molecule has 1 aromatic carbocycles. The summed E-state index contributed by atoms with van der Waals surface area (Å²) in [5.41, 5.74) is 1.56. The summed E-state index contributed by atoms with van der Waals surface area (Å²) in [4.78, 5) is 23.5. The van der Waals surface area contributed by atoms with Gasteiger partial charge >= 0.3 is 5.97 Å². The van der Waals surface area contributed by atoms with Gasteiger partial charge in [-0.05, 0) is 50.5 Å². The van der Waals surface area contributed by atoms with Crippen LogP contribution in [0, 0.1) is 5.92 Å². The van der Waals surface area contributed by atoms with Gasteiger partial charge in [0.1, 0.15) is 18.4 Å². The van der Waals surface area contributed by atoms with Gasteiger partial charge in [-0.25, -0.2) is 4.79 Å². The second kappa shape index (κ2) is 7.81.